The molecule has 0 aliphatic carbocycles. The first-order chi connectivity index (χ1) is 5.54. The fourth-order valence-electron chi connectivity index (χ4n) is 0.620. The molecule has 0 aliphatic heterocycles. The Kier molecular flexibility index (Phi) is 3.23. The molecule has 0 aromatic heterocycles. The Balaban J connectivity index is 4.95. The smallest absolute Gasteiger partial charge is 0.374 e. The maximum atomic E-state index is 11.9. The molecule has 7 heteroatoms. The summed E-state index contributed by atoms with van der Waals surface area (Å²) in [6.45, 7) is 0. The van der Waals surface area contributed by atoms with Crippen molar-refractivity contribution in [3.63, 3.8) is 0 Å². The summed E-state index contributed by atoms with van der Waals surface area (Å²) in [5.74, 6) is 0. The van der Waals surface area contributed by atoms with Gasteiger partial charge in [0.25, 0.3) is 0 Å². The summed E-state index contributed by atoms with van der Waals surface area (Å²) in [7, 11) is 1.79. The molecule has 0 spiro atoms. The highest BCUT2D eigenvalue weighted by molar-refractivity contribution is 5.09. The quantitative estimate of drug-likeness (QED) is 0.597. The van der Waals surface area contributed by atoms with Crippen LogP contribution in [0.15, 0.2) is 11.8 Å². The van der Waals surface area contributed by atoms with Crippen LogP contribution in [-0.4, -0.2) is 31.3 Å². The van der Waals surface area contributed by atoms with Gasteiger partial charge in [-0.25, -0.2) is 0 Å². The molecule has 0 radical (unpaired) electrons. The van der Waals surface area contributed by atoms with Gasteiger partial charge in [-0.05, 0) is 0 Å². The fraction of sp³-hybridized carbons (Fsp3) is 0.667. The maximum Gasteiger partial charge on any atom is 0.431 e. The molecule has 0 aromatic rings. The van der Waals surface area contributed by atoms with E-state index < -0.39 is 24.1 Å². The van der Waals surface area contributed by atoms with Crippen LogP contribution in [0.1, 0.15) is 0 Å². The summed E-state index contributed by atoms with van der Waals surface area (Å²) in [6, 6.07) is 0. The average Bonchev–Trinajstić information content (AvgIpc) is 1.77. The number of allylic oxidation sites excluding steroid dienone is 2. The normalized spacial score (nSPS) is 14.6. The van der Waals surface area contributed by atoms with Crippen LogP contribution in [0, 0.1) is 0 Å². The summed E-state index contributed by atoms with van der Waals surface area (Å²) in [5.41, 5.74) is -1.72. The Labute approximate surface area is 70.6 Å². The van der Waals surface area contributed by atoms with Gasteiger partial charge < -0.3 is 4.90 Å². The number of halogens is 6. The molecule has 0 amide bonds. The van der Waals surface area contributed by atoms with Crippen molar-refractivity contribution >= 4 is 0 Å². The molecular formula is C6H7F6N. The van der Waals surface area contributed by atoms with E-state index in [1.165, 1.54) is 0 Å². The van der Waals surface area contributed by atoms with Crippen molar-refractivity contribution in [1.29, 1.82) is 0 Å². The second-order valence-electron chi connectivity index (χ2n) is 2.46. The molecule has 1 nitrogen and oxygen atoms in total. The van der Waals surface area contributed by atoms with Gasteiger partial charge in [-0.3, -0.25) is 0 Å². The third-order valence-electron chi connectivity index (χ3n) is 1.07. The molecule has 0 heterocycles. The van der Waals surface area contributed by atoms with Crippen LogP contribution in [0.4, 0.5) is 26.3 Å². The van der Waals surface area contributed by atoms with Crippen molar-refractivity contribution in [2.24, 2.45) is 0 Å². The Bertz CT molecular complexity index is 198. The molecule has 0 aliphatic rings. The van der Waals surface area contributed by atoms with Crippen molar-refractivity contribution in [2.75, 3.05) is 14.1 Å². The van der Waals surface area contributed by atoms with Crippen molar-refractivity contribution in [3.05, 3.63) is 11.8 Å². The first-order valence-electron chi connectivity index (χ1n) is 3.08. The van der Waals surface area contributed by atoms with Gasteiger partial charge in [0.2, 0.25) is 0 Å². The Morgan fingerprint density at radius 3 is 1.46 bits per heavy atom. The van der Waals surface area contributed by atoms with Crippen LogP contribution in [0.25, 0.3) is 0 Å². The van der Waals surface area contributed by atoms with Gasteiger partial charge in [0.05, 0.1) is 0 Å². The van der Waals surface area contributed by atoms with Crippen LogP contribution < -0.4 is 0 Å². The molecular weight excluding hydrogens is 200 g/mol. The molecule has 0 bridgehead atoms. The van der Waals surface area contributed by atoms with Crippen molar-refractivity contribution in [3.8, 4) is 0 Å². The highest BCUT2D eigenvalue weighted by Gasteiger charge is 2.39. The number of hydrogen-bond donors (Lipinski definition) is 0. The average molecular weight is 207 g/mol. The molecule has 0 N–H and O–H groups in total. The topological polar surface area (TPSA) is 3.24 Å². The summed E-state index contributed by atoms with van der Waals surface area (Å²) in [5, 5.41) is 0. The second-order valence-corrected chi connectivity index (χ2v) is 2.46. The molecule has 78 valence electrons. The number of rotatable bonds is 1. The molecule has 0 unspecified atom stereocenters. The number of nitrogens with zero attached hydrogens (tertiary/aromatic N) is 1. The summed E-state index contributed by atoms with van der Waals surface area (Å²) < 4.78 is 70.5. The van der Waals surface area contributed by atoms with Gasteiger partial charge >= 0.3 is 12.4 Å². The van der Waals surface area contributed by atoms with Gasteiger partial charge in [-0.15, -0.1) is 0 Å². The Morgan fingerprint density at radius 1 is 1.00 bits per heavy atom. The van der Waals surface area contributed by atoms with E-state index in [1.807, 2.05) is 0 Å². The minimum atomic E-state index is -4.99. The summed E-state index contributed by atoms with van der Waals surface area (Å²) >= 11 is 0. The van der Waals surface area contributed by atoms with Crippen LogP contribution >= 0.6 is 0 Å². The predicted molar refractivity (Wildman–Crippen MR) is 33.9 cm³/mol. The standard InChI is InChI=1S/C6H7F6N/c1-13(2)4(6(10,11)12)3-5(7,8)9/h3H,1-2H3/b4-3-. The van der Waals surface area contributed by atoms with E-state index in [-0.39, 0.29) is 0 Å². The molecule has 0 saturated heterocycles. The van der Waals surface area contributed by atoms with E-state index in [2.05, 4.69) is 0 Å². The SMILES string of the molecule is CN(C)/C(=C\C(F)(F)F)C(F)(F)F. The monoisotopic (exact) mass is 207 g/mol. The molecule has 0 aromatic carbocycles. The van der Waals surface area contributed by atoms with E-state index >= 15 is 0 Å². The molecule has 0 saturated carbocycles. The zero-order valence-corrected chi connectivity index (χ0v) is 6.79. The summed E-state index contributed by atoms with van der Waals surface area (Å²) in [4.78, 5) is 0.369. The van der Waals surface area contributed by atoms with Gasteiger partial charge in [0, 0.05) is 20.2 Å². The zero-order chi connectivity index (χ0) is 10.9. The van der Waals surface area contributed by atoms with Crippen LogP contribution in [-0.2, 0) is 0 Å². The zero-order valence-electron chi connectivity index (χ0n) is 6.79. The Hall–Kier alpha value is -0.880. The highest BCUT2D eigenvalue weighted by atomic mass is 19.4. The predicted octanol–water partition coefficient (Wildman–Crippen LogP) is 2.56. The number of hydrogen-bond acceptors (Lipinski definition) is 1. The van der Waals surface area contributed by atoms with Gasteiger partial charge in [-0.1, -0.05) is 0 Å². The lowest BCUT2D eigenvalue weighted by molar-refractivity contribution is -0.120. The van der Waals surface area contributed by atoms with Crippen molar-refractivity contribution in [1.82, 2.24) is 4.90 Å². The Morgan fingerprint density at radius 2 is 1.38 bits per heavy atom. The highest BCUT2D eigenvalue weighted by Crippen LogP contribution is 2.30. The van der Waals surface area contributed by atoms with Gasteiger partial charge in [-0.2, -0.15) is 26.3 Å². The first-order valence-corrected chi connectivity index (χ1v) is 3.08. The molecule has 0 fully saturated rings. The van der Waals surface area contributed by atoms with Crippen LogP contribution in [0.2, 0.25) is 0 Å². The van der Waals surface area contributed by atoms with E-state index in [4.69, 9.17) is 0 Å². The van der Waals surface area contributed by atoms with Gasteiger partial charge in [0.1, 0.15) is 5.70 Å². The molecule has 13 heavy (non-hydrogen) atoms. The second kappa shape index (κ2) is 3.47. The van der Waals surface area contributed by atoms with Gasteiger partial charge in [0.15, 0.2) is 0 Å². The maximum absolute atomic E-state index is 11.9. The third-order valence-corrected chi connectivity index (χ3v) is 1.07. The minimum absolute atomic E-state index is 0.369. The van der Waals surface area contributed by atoms with Crippen LogP contribution in [0.5, 0.6) is 0 Å². The number of alkyl halides is 6. The fourth-order valence-corrected chi connectivity index (χ4v) is 0.620. The van der Waals surface area contributed by atoms with E-state index in [9.17, 15) is 26.3 Å². The minimum Gasteiger partial charge on any atom is -0.374 e. The van der Waals surface area contributed by atoms with E-state index in [0.717, 1.165) is 14.1 Å². The van der Waals surface area contributed by atoms with Crippen LogP contribution in [0.3, 0.4) is 0 Å². The first kappa shape index (κ1) is 12.1. The van der Waals surface area contributed by atoms with Crippen molar-refractivity contribution in [2.45, 2.75) is 12.4 Å². The lowest BCUT2D eigenvalue weighted by Gasteiger charge is -2.20. The molecule has 0 rings (SSSR count). The lowest BCUT2D eigenvalue weighted by Crippen LogP contribution is -2.27. The van der Waals surface area contributed by atoms with E-state index in [0.29, 0.717) is 4.90 Å². The largest absolute Gasteiger partial charge is 0.431 e. The third kappa shape index (κ3) is 4.64. The lowest BCUT2D eigenvalue weighted by atomic mass is 10.3. The molecule has 0 atom stereocenters. The van der Waals surface area contributed by atoms with Crippen molar-refractivity contribution < 1.29 is 26.3 Å². The summed E-state index contributed by atoms with van der Waals surface area (Å²) in [6.07, 6.45) is -10.7. The van der Waals surface area contributed by atoms with E-state index in [1.54, 1.807) is 0 Å².